The molecule has 142 valence electrons. The molecule has 0 fully saturated rings. The van der Waals surface area contributed by atoms with Crippen molar-refractivity contribution >= 4 is 43.1 Å². The zero-order valence-corrected chi connectivity index (χ0v) is 16.5. The molecule has 1 heteroatoms. The molecule has 0 aliphatic heterocycles. The Labute approximate surface area is 175 Å². The monoisotopic (exact) mass is 383 g/mol. The minimum Gasteiger partial charge on any atom is -0.320 e. The van der Waals surface area contributed by atoms with Crippen LogP contribution in [0.5, 0.6) is 0 Å². The summed E-state index contributed by atoms with van der Waals surface area (Å²) >= 11 is 0. The standard InChI is InChI=1S/C29H21N/c30-29(27-13-5-11-23-21-9-3-1-7-19(21)15-17-25(23)27)28-14-6-12-24-22-10-4-2-8-20(22)16-18-26(24)28/h1-18,29H,30H2. The summed E-state index contributed by atoms with van der Waals surface area (Å²) in [4.78, 5) is 0. The topological polar surface area (TPSA) is 26.0 Å². The summed E-state index contributed by atoms with van der Waals surface area (Å²) in [5.41, 5.74) is 9.27. The van der Waals surface area contributed by atoms with Gasteiger partial charge in [-0.25, -0.2) is 0 Å². The number of benzene rings is 6. The maximum atomic E-state index is 6.94. The van der Waals surface area contributed by atoms with Crippen LogP contribution in [0.1, 0.15) is 17.2 Å². The van der Waals surface area contributed by atoms with E-state index >= 15 is 0 Å². The molecule has 6 aromatic rings. The molecule has 0 saturated heterocycles. The molecule has 0 aliphatic rings. The van der Waals surface area contributed by atoms with E-state index in [2.05, 4.69) is 109 Å². The van der Waals surface area contributed by atoms with Gasteiger partial charge in [-0.1, -0.05) is 109 Å². The molecule has 0 aliphatic carbocycles. The lowest BCUT2D eigenvalue weighted by Gasteiger charge is -2.19. The van der Waals surface area contributed by atoms with Crippen molar-refractivity contribution in [1.29, 1.82) is 0 Å². The Morgan fingerprint density at radius 3 is 1.30 bits per heavy atom. The maximum Gasteiger partial charge on any atom is 0.0563 e. The molecule has 0 saturated carbocycles. The van der Waals surface area contributed by atoms with E-state index in [1.807, 2.05) is 0 Å². The lowest BCUT2D eigenvalue weighted by molar-refractivity contribution is 0.890. The fraction of sp³-hybridized carbons (Fsp3) is 0.0345. The van der Waals surface area contributed by atoms with Crippen LogP contribution in [0.3, 0.4) is 0 Å². The zero-order chi connectivity index (χ0) is 20.1. The highest BCUT2D eigenvalue weighted by Crippen LogP contribution is 2.36. The second kappa shape index (κ2) is 6.69. The Kier molecular flexibility index (Phi) is 3.83. The molecule has 0 amide bonds. The molecule has 0 atom stereocenters. The van der Waals surface area contributed by atoms with Crippen LogP contribution in [0.4, 0.5) is 0 Å². The third-order valence-corrected chi connectivity index (χ3v) is 6.31. The molecule has 0 radical (unpaired) electrons. The number of rotatable bonds is 2. The Morgan fingerprint density at radius 2 is 0.800 bits per heavy atom. The third kappa shape index (κ3) is 2.53. The van der Waals surface area contributed by atoms with Gasteiger partial charge in [-0.3, -0.25) is 0 Å². The second-order valence-electron chi connectivity index (χ2n) is 7.94. The average molecular weight is 383 g/mol. The molecule has 1 nitrogen and oxygen atoms in total. The van der Waals surface area contributed by atoms with Crippen LogP contribution < -0.4 is 5.73 Å². The zero-order valence-electron chi connectivity index (χ0n) is 16.5. The number of fused-ring (bicyclic) bond motifs is 6. The first kappa shape index (κ1) is 17.2. The van der Waals surface area contributed by atoms with E-state index in [4.69, 9.17) is 5.73 Å². The number of nitrogens with two attached hydrogens (primary N) is 1. The summed E-state index contributed by atoms with van der Waals surface area (Å²) < 4.78 is 0. The van der Waals surface area contributed by atoms with Gasteiger partial charge in [-0.05, 0) is 54.2 Å². The first-order valence-electron chi connectivity index (χ1n) is 10.4. The lowest BCUT2D eigenvalue weighted by atomic mass is 9.89. The maximum absolute atomic E-state index is 6.94. The minimum atomic E-state index is -0.195. The van der Waals surface area contributed by atoms with E-state index in [0.717, 1.165) is 0 Å². The van der Waals surface area contributed by atoms with E-state index in [-0.39, 0.29) is 6.04 Å². The molecule has 30 heavy (non-hydrogen) atoms. The van der Waals surface area contributed by atoms with Crippen molar-refractivity contribution in [1.82, 2.24) is 0 Å². The van der Waals surface area contributed by atoms with Crippen molar-refractivity contribution in [2.75, 3.05) is 0 Å². The first-order valence-corrected chi connectivity index (χ1v) is 10.4. The van der Waals surface area contributed by atoms with Gasteiger partial charge in [0, 0.05) is 0 Å². The summed E-state index contributed by atoms with van der Waals surface area (Å²) in [7, 11) is 0. The third-order valence-electron chi connectivity index (χ3n) is 6.31. The molecule has 0 bridgehead atoms. The van der Waals surface area contributed by atoms with E-state index in [0.29, 0.717) is 0 Å². The van der Waals surface area contributed by atoms with Crippen molar-refractivity contribution < 1.29 is 0 Å². The highest BCUT2D eigenvalue weighted by molar-refractivity contribution is 6.10. The average Bonchev–Trinajstić information content (AvgIpc) is 2.82. The summed E-state index contributed by atoms with van der Waals surface area (Å²) in [6.45, 7) is 0. The van der Waals surface area contributed by atoms with Crippen LogP contribution in [-0.4, -0.2) is 0 Å². The van der Waals surface area contributed by atoms with Crippen LogP contribution in [0, 0.1) is 0 Å². The first-order chi connectivity index (χ1) is 14.8. The summed E-state index contributed by atoms with van der Waals surface area (Å²) in [6.07, 6.45) is 0. The highest BCUT2D eigenvalue weighted by Gasteiger charge is 2.16. The molecular weight excluding hydrogens is 362 g/mol. The predicted octanol–water partition coefficient (Wildman–Crippen LogP) is 7.35. The quantitative estimate of drug-likeness (QED) is 0.311. The molecule has 0 aromatic heterocycles. The van der Waals surface area contributed by atoms with Gasteiger partial charge in [-0.15, -0.1) is 0 Å². The van der Waals surface area contributed by atoms with Gasteiger partial charge in [0.1, 0.15) is 0 Å². The molecular formula is C29H21N. The normalized spacial score (nSPS) is 11.8. The van der Waals surface area contributed by atoms with Crippen molar-refractivity contribution in [3.8, 4) is 0 Å². The van der Waals surface area contributed by atoms with Crippen LogP contribution in [0.15, 0.2) is 109 Å². The van der Waals surface area contributed by atoms with Gasteiger partial charge in [0.2, 0.25) is 0 Å². The van der Waals surface area contributed by atoms with Crippen LogP contribution in [0.2, 0.25) is 0 Å². The molecule has 0 heterocycles. The number of hydrogen-bond donors (Lipinski definition) is 1. The van der Waals surface area contributed by atoms with E-state index in [9.17, 15) is 0 Å². The van der Waals surface area contributed by atoms with Crippen molar-refractivity contribution in [3.63, 3.8) is 0 Å². The number of hydrogen-bond acceptors (Lipinski definition) is 1. The fourth-order valence-corrected chi connectivity index (χ4v) is 4.84. The van der Waals surface area contributed by atoms with Crippen LogP contribution >= 0.6 is 0 Å². The van der Waals surface area contributed by atoms with Gasteiger partial charge < -0.3 is 5.73 Å². The molecule has 0 spiro atoms. The van der Waals surface area contributed by atoms with Crippen LogP contribution in [0.25, 0.3) is 43.1 Å². The Morgan fingerprint density at radius 1 is 0.367 bits per heavy atom. The van der Waals surface area contributed by atoms with Gasteiger partial charge in [0.15, 0.2) is 0 Å². The fourth-order valence-electron chi connectivity index (χ4n) is 4.84. The molecule has 0 unspecified atom stereocenters. The summed E-state index contributed by atoms with van der Waals surface area (Å²) in [6, 6.07) is 38.7. The summed E-state index contributed by atoms with van der Waals surface area (Å²) in [5.74, 6) is 0. The van der Waals surface area contributed by atoms with Gasteiger partial charge in [0.05, 0.1) is 6.04 Å². The van der Waals surface area contributed by atoms with Crippen LogP contribution in [-0.2, 0) is 0 Å². The van der Waals surface area contributed by atoms with E-state index in [1.54, 1.807) is 0 Å². The second-order valence-corrected chi connectivity index (χ2v) is 7.94. The van der Waals surface area contributed by atoms with Gasteiger partial charge in [0.25, 0.3) is 0 Å². The molecule has 2 N–H and O–H groups in total. The van der Waals surface area contributed by atoms with Crippen molar-refractivity contribution in [3.05, 3.63) is 120 Å². The predicted molar refractivity (Wildman–Crippen MR) is 129 cm³/mol. The summed E-state index contributed by atoms with van der Waals surface area (Å²) in [5, 5.41) is 10.0. The van der Waals surface area contributed by atoms with Crippen molar-refractivity contribution in [2.24, 2.45) is 5.73 Å². The molecule has 6 rings (SSSR count). The highest BCUT2D eigenvalue weighted by atomic mass is 14.6. The van der Waals surface area contributed by atoms with Gasteiger partial charge >= 0.3 is 0 Å². The SMILES string of the molecule is NC(c1cccc2c1ccc1ccccc12)c1cccc2c1ccc1ccccc12. The van der Waals surface area contributed by atoms with Crippen molar-refractivity contribution in [2.45, 2.75) is 6.04 Å². The minimum absolute atomic E-state index is 0.195. The molecule has 6 aromatic carbocycles. The largest absolute Gasteiger partial charge is 0.320 e. The lowest BCUT2D eigenvalue weighted by Crippen LogP contribution is -2.12. The van der Waals surface area contributed by atoms with E-state index in [1.165, 1.54) is 54.2 Å². The van der Waals surface area contributed by atoms with E-state index < -0.39 is 0 Å². The Hall–Kier alpha value is -3.68. The Balaban J connectivity index is 1.61. The van der Waals surface area contributed by atoms with Gasteiger partial charge in [-0.2, -0.15) is 0 Å². The smallest absolute Gasteiger partial charge is 0.0563 e. The Bertz CT molecular complexity index is 1440.